The second-order valence-electron chi connectivity index (χ2n) is 12.9. The Balaban J connectivity index is 1.84. The second kappa shape index (κ2) is 18.9. The highest BCUT2D eigenvalue weighted by molar-refractivity contribution is 5.76. The van der Waals surface area contributed by atoms with Gasteiger partial charge in [0.15, 0.2) is 12.6 Å². The number of carbonyl (C=O) groups is 2. The van der Waals surface area contributed by atoms with Crippen molar-refractivity contribution in [2.24, 2.45) is 10.8 Å². The van der Waals surface area contributed by atoms with E-state index in [1.54, 1.807) is 0 Å². The number of hydrogen-bond acceptors (Lipinski definition) is 8. The average molecular weight is 643 g/mol. The fourth-order valence-corrected chi connectivity index (χ4v) is 4.30. The fourth-order valence-electron chi connectivity index (χ4n) is 4.30. The van der Waals surface area contributed by atoms with E-state index in [0.29, 0.717) is 50.4 Å². The highest BCUT2D eigenvalue weighted by Crippen LogP contribution is 2.31. The summed E-state index contributed by atoms with van der Waals surface area (Å²) in [6.07, 6.45) is 2.67. The molecule has 46 heavy (non-hydrogen) atoms. The van der Waals surface area contributed by atoms with Gasteiger partial charge in [-0.2, -0.15) is 0 Å². The molecule has 4 atom stereocenters. The van der Waals surface area contributed by atoms with Crippen LogP contribution in [0, 0.1) is 10.8 Å². The Bertz CT molecular complexity index is 1080. The van der Waals surface area contributed by atoms with Crippen molar-refractivity contribution < 1.29 is 38.0 Å². The molecule has 0 N–H and O–H groups in total. The third-order valence-corrected chi connectivity index (χ3v) is 8.51. The molecule has 0 spiro atoms. The summed E-state index contributed by atoms with van der Waals surface area (Å²) >= 11 is 0. The van der Waals surface area contributed by atoms with Crippen molar-refractivity contribution in [2.45, 2.75) is 133 Å². The molecule has 0 aliphatic rings. The molecule has 0 amide bonds. The van der Waals surface area contributed by atoms with E-state index in [2.05, 4.69) is 0 Å². The minimum Gasteiger partial charge on any atom is -0.465 e. The van der Waals surface area contributed by atoms with Crippen molar-refractivity contribution in [3.8, 4) is 11.5 Å². The quantitative estimate of drug-likeness (QED) is 0.0756. The zero-order valence-electron chi connectivity index (χ0n) is 29.9. The summed E-state index contributed by atoms with van der Waals surface area (Å²) < 4.78 is 35.6. The van der Waals surface area contributed by atoms with Crippen molar-refractivity contribution >= 4 is 11.9 Å². The molecule has 0 saturated heterocycles. The van der Waals surface area contributed by atoms with E-state index in [4.69, 9.17) is 28.4 Å². The van der Waals surface area contributed by atoms with Crippen molar-refractivity contribution in [3.63, 3.8) is 0 Å². The molecule has 0 aliphatic carbocycles. The predicted molar refractivity (Wildman–Crippen MR) is 181 cm³/mol. The molecular weight excluding hydrogens is 584 g/mol. The molecule has 4 unspecified atom stereocenters. The first-order valence-electron chi connectivity index (χ1n) is 17.0. The zero-order valence-corrected chi connectivity index (χ0v) is 29.9. The Labute approximate surface area is 277 Å². The topological polar surface area (TPSA) is 89.5 Å². The summed E-state index contributed by atoms with van der Waals surface area (Å²) in [4.78, 5) is 25.2. The standard InChI is InChI=1S/C38H58O8/c1-11-31(45-35(39)37(7,8)15-5)27-17-21-29(22-18-27)43-33(13-3)41-25-26-42-34(14-4)44-30-23-19-28(20-24-30)32(12-2)46-36(40)38(9,10)16-6/h17-24,31-34H,11-16,25-26H2,1-10H3. The number of ether oxygens (including phenoxy) is 6. The van der Waals surface area contributed by atoms with Crippen LogP contribution in [0.3, 0.4) is 0 Å². The zero-order chi connectivity index (χ0) is 34.3. The summed E-state index contributed by atoms with van der Waals surface area (Å²) in [5, 5.41) is 0. The number of carbonyl (C=O) groups excluding carboxylic acids is 2. The molecule has 0 radical (unpaired) electrons. The van der Waals surface area contributed by atoms with Crippen LogP contribution < -0.4 is 9.47 Å². The maximum absolute atomic E-state index is 12.6. The first kappa shape index (κ1) is 39.1. The minimum atomic E-state index is -0.510. The van der Waals surface area contributed by atoms with Gasteiger partial charge in [0.2, 0.25) is 0 Å². The van der Waals surface area contributed by atoms with Gasteiger partial charge in [0.1, 0.15) is 23.7 Å². The van der Waals surface area contributed by atoms with Gasteiger partial charge in [-0.3, -0.25) is 9.59 Å². The van der Waals surface area contributed by atoms with Crippen molar-refractivity contribution in [1.29, 1.82) is 0 Å². The third kappa shape index (κ3) is 11.9. The molecule has 2 aromatic carbocycles. The van der Waals surface area contributed by atoms with Gasteiger partial charge in [-0.1, -0.05) is 65.8 Å². The summed E-state index contributed by atoms with van der Waals surface area (Å²) in [5.74, 6) is 0.987. The first-order chi connectivity index (χ1) is 21.8. The van der Waals surface area contributed by atoms with E-state index in [0.717, 1.165) is 24.0 Å². The maximum atomic E-state index is 12.6. The van der Waals surface area contributed by atoms with E-state index < -0.39 is 23.4 Å². The molecule has 258 valence electrons. The SMILES string of the molecule is CCC(OCCOC(CC)Oc1ccc(C(CC)OC(=O)C(C)(C)CC)cc1)Oc1ccc(C(CC)OC(=O)C(C)(C)CC)cc1. The molecule has 0 bridgehead atoms. The van der Waals surface area contributed by atoms with Gasteiger partial charge in [-0.05, 0) is 88.8 Å². The molecule has 0 saturated carbocycles. The van der Waals surface area contributed by atoms with Gasteiger partial charge in [0.05, 0.1) is 24.0 Å². The lowest BCUT2D eigenvalue weighted by atomic mass is 9.90. The fraction of sp³-hybridized carbons (Fsp3) is 0.632. The van der Waals surface area contributed by atoms with E-state index in [9.17, 15) is 9.59 Å². The van der Waals surface area contributed by atoms with Crippen LogP contribution in [0.4, 0.5) is 0 Å². The third-order valence-electron chi connectivity index (χ3n) is 8.51. The van der Waals surface area contributed by atoms with Crippen LogP contribution in [0.15, 0.2) is 48.5 Å². The summed E-state index contributed by atoms with van der Waals surface area (Å²) in [5.41, 5.74) is 0.845. The predicted octanol–water partition coefficient (Wildman–Crippen LogP) is 9.51. The Hall–Kier alpha value is -3.10. The lowest BCUT2D eigenvalue weighted by Gasteiger charge is -2.25. The Kier molecular flexibility index (Phi) is 16.1. The smallest absolute Gasteiger partial charge is 0.312 e. The Morgan fingerprint density at radius 2 is 0.870 bits per heavy atom. The van der Waals surface area contributed by atoms with Crippen molar-refractivity contribution in [1.82, 2.24) is 0 Å². The second-order valence-corrected chi connectivity index (χ2v) is 12.9. The van der Waals surface area contributed by atoms with Gasteiger partial charge >= 0.3 is 11.9 Å². The number of rotatable bonds is 21. The molecule has 8 heteroatoms. The van der Waals surface area contributed by atoms with Crippen molar-refractivity contribution in [3.05, 3.63) is 59.7 Å². The lowest BCUT2D eigenvalue weighted by Crippen LogP contribution is -2.27. The largest absolute Gasteiger partial charge is 0.465 e. The molecule has 8 nitrogen and oxygen atoms in total. The van der Waals surface area contributed by atoms with Gasteiger partial charge in [-0.25, -0.2) is 0 Å². The first-order valence-corrected chi connectivity index (χ1v) is 17.0. The molecule has 0 heterocycles. The van der Waals surface area contributed by atoms with Gasteiger partial charge in [-0.15, -0.1) is 0 Å². The summed E-state index contributed by atoms with van der Waals surface area (Å²) in [7, 11) is 0. The van der Waals surface area contributed by atoms with Crippen LogP contribution in [0.2, 0.25) is 0 Å². The highest BCUT2D eigenvalue weighted by Gasteiger charge is 2.30. The van der Waals surface area contributed by atoms with Crippen LogP contribution in [-0.2, 0) is 28.5 Å². The number of hydrogen-bond donors (Lipinski definition) is 0. The van der Waals surface area contributed by atoms with Crippen LogP contribution >= 0.6 is 0 Å². The Morgan fingerprint density at radius 3 is 1.13 bits per heavy atom. The van der Waals surface area contributed by atoms with Crippen LogP contribution in [-0.4, -0.2) is 37.7 Å². The number of esters is 2. The van der Waals surface area contributed by atoms with E-state index in [-0.39, 0.29) is 24.1 Å². The summed E-state index contributed by atoms with van der Waals surface area (Å²) in [6.45, 7) is 20.3. The number of benzene rings is 2. The molecular formula is C38H58O8. The van der Waals surface area contributed by atoms with Gasteiger partial charge in [0.25, 0.3) is 0 Å². The molecule has 0 fully saturated rings. The minimum absolute atomic E-state index is 0.186. The van der Waals surface area contributed by atoms with Gasteiger partial charge < -0.3 is 28.4 Å². The highest BCUT2D eigenvalue weighted by atomic mass is 16.7. The maximum Gasteiger partial charge on any atom is 0.312 e. The van der Waals surface area contributed by atoms with E-state index in [1.807, 2.05) is 118 Å². The van der Waals surface area contributed by atoms with Crippen LogP contribution in [0.5, 0.6) is 11.5 Å². The Morgan fingerprint density at radius 1 is 0.543 bits per heavy atom. The summed E-state index contributed by atoms with van der Waals surface area (Å²) in [6, 6.07) is 15.3. The monoisotopic (exact) mass is 642 g/mol. The normalized spacial score (nSPS) is 14.6. The lowest BCUT2D eigenvalue weighted by molar-refractivity contribution is -0.161. The average Bonchev–Trinajstić information content (AvgIpc) is 3.07. The van der Waals surface area contributed by atoms with Crippen LogP contribution in [0.25, 0.3) is 0 Å². The van der Waals surface area contributed by atoms with E-state index in [1.165, 1.54) is 0 Å². The van der Waals surface area contributed by atoms with Crippen LogP contribution in [0.1, 0.15) is 131 Å². The molecule has 0 aromatic heterocycles. The molecule has 0 aliphatic heterocycles. The molecule has 2 rings (SSSR count). The molecule has 2 aromatic rings. The van der Waals surface area contributed by atoms with Crippen molar-refractivity contribution in [2.75, 3.05) is 13.2 Å². The van der Waals surface area contributed by atoms with E-state index >= 15 is 0 Å². The van der Waals surface area contributed by atoms with Gasteiger partial charge in [0, 0.05) is 12.8 Å².